The number of halogens is 1. The smallest absolute Gasteiger partial charge is 0.228 e. The third-order valence-electron chi connectivity index (χ3n) is 3.71. The molecule has 4 nitrogen and oxygen atoms in total. The van der Waals surface area contributed by atoms with Crippen LogP contribution >= 0.6 is 22.9 Å². The van der Waals surface area contributed by atoms with Crippen molar-refractivity contribution in [1.82, 2.24) is 14.9 Å². The zero-order chi connectivity index (χ0) is 14.3. The minimum atomic E-state index is 0.498. The van der Waals surface area contributed by atoms with Gasteiger partial charge in [-0.2, -0.15) is 0 Å². The van der Waals surface area contributed by atoms with Crippen molar-refractivity contribution in [2.45, 2.75) is 19.8 Å². The summed E-state index contributed by atoms with van der Waals surface area (Å²) in [6.45, 7) is 8.38. The van der Waals surface area contributed by atoms with Crippen molar-refractivity contribution in [2.24, 2.45) is 0 Å². The number of aromatic nitrogens is 2. The first kappa shape index (κ1) is 14.0. The molecular formula is C14H19ClN4S. The Bertz CT molecular complexity index is 617. The third kappa shape index (κ3) is 2.62. The quantitative estimate of drug-likeness (QED) is 0.797. The topological polar surface area (TPSA) is 32.3 Å². The lowest BCUT2D eigenvalue weighted by molar-refractivity contribution is 0.311. The van der Waals surface area contributed by atoms with E-state index >= 15 is 0 Å². The number of piperazine rings is 1. The summed E-state index contributed by atoms with van der Waals surface area (Å²) < 4.78 is 0. The molecule has 0 saturated carbocycles. The van der Waals surface area contributed by atoms with E-state index in [0.717, 1.165) is 42.3 Å². The van der Waals surface area contributed by atoms with E-state index in [1.54, 1.807) is 11.3 Å². The van der Waals surface area contributed by atoms with E-state index in [9.17, 15) is 0 Å². The van der Waals surface area contributed by atoms with E-state index in [-0.39, 0.29) is 0 Å². The van der Waals surface area contributed by atoms with Crippen molar-refractivity contribution in [3.63, 3.8) is 0 Å². The van der Waals surface area contributed by atoms with Crippen LogP contribution in [0.3, 0.4) is 0 Å². The van der Waals surface area contributed by atoms with Crippen LogP contribution in [0.15, 0.2) is 6.07 Å². The molecule has 3 heterocycles. The molecule has 0 bridgehead atoms. The first-order valence-corrected chi connectivity index (χ1v) is 8.14. The molecule has 108 valence electrons. The first-order chi connectivity index (χ1) is 9.54. The van der Waals surface area contributed by atoms with Crippen molar-refractivity contribution in [1.29, 1.82) is 0 Å². The summed E-state index contributed by atoms with van der Waals surface area (Å²) in [5.41, 5.74) is 0. The van der Waals surface area contributed by atoms with Crippen molar-refractivity contribution in [2.75, 3.05) is 38.1 Å². The Morgan fingerprint density at radius 2 is 1.90 bits per heavy atom. The van der Waals surface area contributed by atoms with Gasteiger partial charge in [0.05, 0.1) is 0 Å². The van der Waals surface area contributed by atoms with Crippen molar-refractivity contribution in [3.05, 3.63) is 16.1 Å². The molecule has 1 fully saturated rings. The fraction of sp³-hybridized carbons (Fsp3) is 0.571. The Kier molecular flexibility index (Phi) is 3.84. The Labute approximate surface area is 128 Å². The lowest BCUT2D eigenvalue weighted by Gasteiger charge is -2.32. The molecule has 0 spiro atoms. The van der Waals surface area contributed by atoms with E-state index in [4.69, 9.17) is 16.6 Å². The maximum Gasteiger partial charge on any atom is 0.228 e. The van der Waals surface area contributed by atoms with Gasteiger partial charge in [0.1, 0.15) is 9.98 Å². The summed E-state index contributed by atoms with van der Waals surface area (Å²) in [6, 6.07) is 2.13. The molecule has 0 amide bonds. The lowest BCUT2D eigenvalue weighted by atomic mass is 10.2. The van der Waals surface area contributed by atoms with E-state index in [1.165, 1.54) is 4.88 Å². The Morgan fingerprint density at radius 3 is 2.55 bits per heavy atom. The van der Waals surface area contributed by atoms with Crippen molar-refractivity contribution >= 4 is 39.1 Å². The van der Waals surface area contributed by atoms with Crippen LogP contribution in [-0.2, 0) is 0 Å². The zero-order valence-electron chi connectivity index (χ0n) is 12.1. The molecule has 6 heteroatoms. The fourth-order valence-corrected chi connectivity index (χ4v) is 3.63. The van der Waals surface area contributed by atoms with Crippen LogP contribution in [0.1, 0.15) is 24.6 Å². The summed E-state index contributed by atoms with van der Waals surface area (Å²) in [7, 11) is 2.14. The molecule has 0 radical (unpaired) electrons. The highest BCUT2D eigenvalue weighted by Crippen LogP contribution is 2.34. The Morgan fingerprint density at radius 1 is 1.20 bits per heavy atom. The second-order valence-electron chi connectivity index (χ2n) is 5.63. The van der Waals surface area contributed by atoms with Gasteiger partial charge in [-0.25, -0.2) is 9.97 Å². The van der Waals surface area contributed by atoms with Gasteiger partial charge in [0.15, 0.2) is 0 Å². The van der Waals surface area contributed by atoms with Crippen molar-refractivity contribution < 1.29 is 0 Å². The standard InChI is InChI=1S/C14H19ClN4S/c1-9(2)11-8-10-12(15)16-14(17-13(10)20-11)19-6-4-18(3)5-7-19/h8-9H,4-7H2,1-3H3. The number of rotatable bonds is 2. The monoisotopic (exact) mass is 310 g/mol. The Balaban J connectivity index is 1.96. The minimum absolute atomic E-state index is 0.498. The number of anilines is 1. The summed E-state index contributed by atoms with van der Waals surface area (Å²) in [6.07, 6.45) is 0. The molecule has 1 aliphatic heterocycles. The molecule has 1 aliphatic rings. The fourth-order valence-electron chi connectivity index (χ4n) is 2.33. The molecule has 0 atom stereocenters. The van der Waals surface area contributed by atoms with Crippen LogP contribution < -0.4 is 4.90 Å². The molecule has 2 aromatic heterocycles. The third-order valence-corrected chi connectivity index (χ3v) is 5.33. The van der Waals surface area contributed by atoms with Crippen LogP contribution in [0.5, 0.6) is 0 Å². The van der Waals surface area contributed by atoms with Crippen LogP contribution in [0.2, 0.25) is 5.15 Å². The zero-order valence-corrected chi connectivity index (χ0v) is 13.6. The van der Waals surface area contributed by atoms with Crippen LogP contribution in [0, 0.1) is 0 Å². The second-order valence-corrected chi connectivity index (χ2v) is 7.05. The normalized spacial score (nSPS) is 17.4. The van der Waals surface area contributed by atoms with Gasteiger partial charge in [0, 0.05) is 36.4 Å². The van der Waals surface area contributed by atoms with Crippen LogP contribution in [0.4, 0.5) is 5.95 Å². The summed E-state index contributed by atoms with van der Waals surface area (Å²) in [5.74, 6) is 1.27. The minimum Gasteiger partial charge on any atom is -0.338 e. The van der Waals surface area contributed by atoms with Crippen molar-refractivity contribution in [3.8, 4) is 0 Å². The molecule has 0 aromatic carbocycles. The van der Waals surface area contributed by atoms with Gasteiger partial charge in [0.25, 0.3) is 0 Å². The molecule has 20 heavy (non-hydrogen) atoms. The van der Waals surface area contributed by atoms with Gasteiger partial charge in [-0.15, -0.1) is 11.3 Å². The summed E-state index contributed by atoms with van der Waals surface area (Å²) in [5, 5.41) is 1.56. The van der Waals surface area contributed by atoms with Gasteiger partial charge in [-0.3, -0.25) is 0 Å². The maximum absolute atomic E-state index is 6.35. The van der Waals surface area contributed by atoms with Gasteiger partial charge >= 0.3 is 0 Å². The second kappa shape index (κ2) is 5.47. The average Bonchev–Trinajstić information content (AvgIpc) is 2.84. The van der Waals surface area contributed by atoms with E-state index < -0.39 is 0 Å². The molecule has 0 N–H and O–H groups in total. The van der Waals surface area contributed by atoms with Gasteiger partial charge in [-0.05, 0) is 19.0 Å². The highest BCUT2D eigenvalue weighted by molar-refractivity contribution is 7.18. The predicted molar refractivity (Wildman–Crippen MR) is 86.2 cm³/mol. The number of nitrogens with zero attached hydrogens (tertiary/aromatic N) is 4. The molecule has 0 aliphatic carbocycles. The van der Waals surface area contributed by atoms with E-state index in [2.05, 4.69) is 41.7 Å². The molecule has 3 rings (SSSR count). The Hall–Kier alpha value is -0.910. The van der Waals surface area contributed by atoms with Gasteiger partial charge in [0.2, 0.25) is 5.95 Å². The highest BCUT2D eigenvalue weighted by atomic mass is 35.5. The van der Waals surface area contributed by atoms with Gasteiger partial charge in [-0.1, -0.05) is 25.4 Å². The van der Waals surface area contributed by atoms with Crippen LogP contribution in [-0.4, -0.2) is 48.1 Å². The summed E-state index contributed by atoms with van der Waals surface area (Å²) in [4.78, 5) is 16.1. The number of likely N-dealkylation sites (N-methyl/N-ethyl adjacent to an activating group) is 1. The van der Waals surface area contributed by atoms with Crippen LogP contribution in [0.25, 0.3) is 10.2 Å². The molecular weight excluding hydrogens is 292 g/mol. The van der Waals surface area contributed by atoms with E-state index in [0.29, 0.717) is 11.1 Å². The number of hydrogen-bond acceptors (Lipinski definition) is 5. The maximum atomic E-state index is 6.35. The van der Waals surface area contributed by atoms with E-state index in [1.807, 2.05) is 0 Å². The number of fused-ring (bicyclic) bond motifs is 1. The lowest BCUT2D eigenvalue weighted by Crippen LogP contribution is -2.45. The molecule has 2 aromatic rings. The predicted octanol–water partition coefficient (Wildman–Crippen LogP) is 3.22. The summed E-state index contributed by atoms with van der Waals surface area (Å²) >= 11 is 8.07. The SMILES string of the molecule is CC(C)c1cc2c(Cl)nc(N3CCN(C)CC3)nc2s1. The molecule has 1 saturated heterocycles. The highest BCUT2D eigenvalue weighted by Gasteiger charge is 2.19. The first-order valence-electron chi connectivity index (χ1n) is 6.95. The average molecular weight is 311 g/mol. The number of hydrogen-bond donors (Lipinski definition) is 0. The molecule has 0 unspecified atom stereocenters. The number of thiophene rings is 1. The van der Waals surface area contributed by atoms with Gasteiger partial charge < -0.3 is 9.80 Å². The largest absolute Gasteiger partial charge is 0.338 e.